The van der Waals surface area contributed by atoms with Crippen LogP contribution >= 0.6 is 0 Å². The maximum Gasteiger partial charge on any atom is 0.0419 e. The third-order valence-corrected chi connectivity index (χ3v) is 4.57. The number of nitrogens with one attached hydrogen (secondary N) is 2. The van der Waals surface area contributed by atoms with Crippen LogP contribution in [0.25, 0.3) is 0 Å². The largest absolute Gasteiger partial charge is 0.384 e. The Morgan fingerprint density at radius 3 is 2.94 bits per heavy atom. The third kappa shape index (κ3) is 1.95. The van der Waals surface area contributed by atoms with Crippen LogP contribution in [0.3, 0.4) is 0 Å². The van der Waals surface area contributed by atoms with Gasteiger partial charge in [0.25, 0.3) is 0 Å². The quantitative estimate of drug-likeness (QED) is 0.830. The molecule has 0 radical (unpaired) electrons. The summed E-state index contributed by atoms with van der Waals surface area (Å²) in [6.45, 7) is 4.43. The number of hydrogen-bond donors (Lipinski definition) is 2. The summed E-state index contributed by atoms with van der Waals surface area (Å²) in [5.74, 6) is 0. The van der Waals surface area contributed by atoms with Crippen molar-refractivity contribution >= 4 is 5.69 Å². The van der Waals surface area contributed by atoms with Crippen molar-refractivity contribution in [3.05, 3.63) is 29.3 Å². The van der Waals surface area contributed by atoms with E-state index in [1.807, 2.05) is 0 Å². The van der Waals surface area contributed by atoms with Crippen molar-refractivity contribution in [2.75, 3.05) is 11.9 Å². The van der Waals surface area contributed by atoms with E-state index in [9.17, 15) is 0 Å². The summed E-state index contributed by atoms with van der Waals surface area (Å²) in [5.41, 5.74) is 4.77. The van der Waals surface area contributed by atoms with Crippen molar-refractivity contribution in [2.24, 2.45) is 0 Å². The minimum absolute atomic E-state index is 0.446. The average molecular weight is 230 g/mol. The first-order valence-electron chi connectivity index (χ1n) is 6.93. The monoisotopic (exact) mass is 230 g/mol. The van der Waals surface area contributed by atoms with Crippen LogP contribution in [-0.2, 0) is 13.0 Å². The van der Waals surface area contributed by atoms with E-state index in [2.05, 4.69) is 35.8 Å². The summed E-state index contributed by atoms with van der Waals surface area (Å²) in [4.78, 5) is 0. The van der Waals surface area contributed by atoms with Gasteiger partial charge >= 0.3 is 0 Å². The molecule has 2 nitrogen and oxygen atoms in total. The molecule has 1 saturated carbocycles. The molecular weight excluding hydrogens is 208 g/mol. The molecule has 0 aromatic heterocycles. The maximum atomic E-state index is 3.79. The molecular formula is C15H22N2. The molecule has 0 bridgehead atoms. The highest BCUT2D eigenvalue weighted by Gasteiger charge is 2.34. The fourth-order valence-electron chi connectivity index (χ4n) is 3.10. The predicted molar refractivity (Wildman–Crippen MR) is 72.3 cm³/mol. The van der Waals surface area contributed by atoms with Crippen molar-refractivity contribution in [1.29, 1.82) is 0 Å². The summed E-state index contributed by atoms with van der Waals surface area (Å²) < 4.78 is 0. The Balaban J connectivity index is 1.71. The molecule has 1 aromatic carbocycles. The van der Waals surface area contributed by atoms with Gasteiger partial charge in [-0.15, -0.1) is 0 Å². The highest BCUT2D eigenvalue weighted by Crippen LogP contribution is 2.35. The maximum absolute atomic E-state index is 3.79. The zero-order valence-electron chi connectivity index (χ0n) is 10.7. The summed E-state index contributed by atoms with van der Waals surface area (Å²) in [6.07, 6.45) is 6.54. The Kier molecular flexibility index (Phi) is 2.83. The number of para-hydroxylation sites is 1. The van der Waals surface area contributed by atoms with Crippen molar-refractivity contribution in [2.45, 2.75) is 51.1 Å². The van der Waals surface area contributed by atoms with Crippen LogP contribution in [0.2, 0.25) is 0 Å². The van der Waals surface area contributed by atoms with Gasteiger partial charge in [-0.25, -0.2) is 0 Å². The molecule has 2 N–H and O–H groups in total. The highest BCUT2D eigenvalue weighted by molar-refractivity contribution is 5.61. The number of rotatable bonds is 4. The minimum Gasteiger partial charge on any atom is -0.384 e. The van der Waals surface area contributed by atoms with E-state index < -0.39 is 0 Å². The van der Waals surface area contributed by atoms with Crippen LogP contribution in [0.4, 0.5) is 5.69 Å². The molecule has 2 aliphatic rings. The van der Waals surface area contributed by atoms with Crippen LogP contribution in [-0.4, -0.2) is 12.1 Å². The molecule has 1 aliphatic carbocycles. The van der Waals surface area contributed by atoms with E-state index in [0.29, 0.717) is 5.54 Å². The fraction of sp³-hybridized carbons (Fsp3) is 0.600. The van der Waals surface area contributed by atoms with Gasteiger partial charge < -0.3 is 10.6 Å². The zero-order chi connectivity index (χ0) is 11.7. The Hall–Kier alpha value is -1.02. The van der Waals surface area contributed by atoms with Crippen LogP contribution in [0.5, 0.6) is 0 Å². The second kappa shape index (κ2) is 4.34. The van der Waals surface area contributed by atoms with E-state index in [1.165, 1.54) is 48.9 Å². The Labute approximate surface area is 104 Å². The summed E-state index contributed by atoms with van der Waals surface area (Å²) >= 11 is 0. The molecule has 1 aromatic rings. The van der Waals surface area contributed by atoms with Crippen molar-refractivity contribution < 1.29 is 0 Å². The first kappa shape index (κ1) is 11.1. The van der Waals surface area contributed by atoms with Gasteiger partial charge in [-0.1, -0.05) is 25.1 Å². The average Bonchev–Trinajstić information content (AvgIpc) is 2.77. The molecule has 0 amide bonds. The number of anilines is 1. The van der Waals surface area contributed by atoms with Gasteiger partial charge in [0, 0.05) is 24.3 Å². The Bertz CT molecular complexity index is 402. The number of hydrogen-bond acceptors (Lipinski definition) is 2. The van der Waals surface area contributed by atoms with Crippen molar-refractivity contribution in [3.63, 3.8) is 0 Å². The first-order valence-corrected chi connectivity index (χ1v) is 6.93. The molecule has 17 heavy (non-hydrogen) atoms. The lowest BCUT2D eigenvalue weighted by Crippen LogP contribution is -2.49. The predicted octanol–water partition coefficient (Wildman–Crippen LogP) is 3.08. The molecule has 0 atom stereocenters. The molecule has 2 heteroatoms. The topological polar surface area (TPSA) is 24.1 Å². The van der Waals surface area contributed by atoms with Crippen LogP contribution in [0.1, 0.15) is 43.7 Å². The van der Waals surface area contributed by atoms with Crippen molar-refractivity contribution in [3.8, 4) is 0 Å². The van der Waals surface area contributed by atoms with Gasteiger partial charge in [0.1, 0.15) is 0 Å². The SMILES string of the molecule is CCC1(NCc2cccc3c2NCC3)CCC1. The zero-order valence-corrected chi connectivity index (χ0v) is 10.7. The lowest BCUT2D eigenvalue weighted by atomic mass is 9.75. The van der Waals surface area contributed by atoms with E-state index in [4.69, 9.17) is 0 Å². The van der Waals surface area contributed by atoms with Gasteiger partial charge in [-0.3, -0.25) is 0 Å². The van der Waals surface area contributed by atoms with E-state index in [-0.39, 0.29) is 0 Å². The van der Waals surface area contributed by atoms with E-state index >= 15 is 0 Å². The number of fused-ring (bicyclic) bond motifs is 1. The summed E-state index contributed by atoms with van der Waals surface area (Å²) in [5, 5.41) is 7.31. The molecule has 0 saturated heterocycles. The molecule has 1 heterocycles. The second-order valence-corrected chi connectivity index (χ2v) is 5.47. The van der Waals surface area contributed by atoms with Gasteiger partial charge in [-0.05, 0) is 43.2 Å². The lowest BCUT2D eigenvalue weighted by Gasteiger charge is -2.42. The molecule has 3 rings (SSSR count). The van der Waals surface area contributed by atoms with Gasteiger partial charge in [-0.2, -0.15) is 0 Å². The molecule has 0 spiro atoms. The normalized spacial score (nSPS) is 20.5. The molecule has 0 unspecified atom stereocenters. The van der Waals surface area contributed by atoms with Gasteiger partial charge in [0.15, 0.2) is 0 Å². The smallest absolute Gasteiger partial charge is 0.0419 e. The lowest BCUT2D eigenvalue weighted by molar-refractivity contribution is 0.175. The van der Waals surface area contributed by atoms with E-state index in [0.717, 1.165) is 13.1 Å². The number of benzene rings is 1. The summed E-state index contributed by atoms with van der Waals surface area (Å²) in [6, 6.07) is 6.70. The highest BCUT2D eigenvalue weighted by atomic mass is 15.0. The fourth-order valence-corrected chi connectivity index (χ4v) is 3.10. The third-order valence-electron chi connectivity index (χ3n) is 4.57. The minimum atomic E-state index is 0.446. The van der Waals surface area contributed by atoms with Crippen molar-refractivity contribution in [1.82, 2.24) is 5.32 Å². The van der Waals surface area contributed by atoms with Crippen LogP contribution in [0, 0.1) is 0 Å². The Morgan fingerprint density at radius 2 is 2.24 bits per heavy atom. The molecule has 92 valence electrons. The summed E-state index contributed by atoms with van der Waals surface area (Å²) in [7, 11) is 0. The second-order valence-electron chi connectivity index (χ2n) is 5.47. The first-order chi connectivity index (χ1) is 8.33. The molecule has 1 fully saturated rings. The standard InChI is InChI=1S/C15H22N2/c1-2-15(8-4-9-15)17-11-13-6-3-5-12-7-10-16-14(12)13/h3,5-6,16-17H,2,4,7-11H2,1H3. The van der Waals surface area contributed by atoms with Gasteiger partial charge in [0.05, 0.1) is 0 Å². The van der Waals surface area contributed by atoms with E-state index in [1.54, 1.807) is 0 Å². The van der Waals surface area contributed by atoms with Gasteiger partial charge in [0.2, 0.25) is 0 Å². The molecule has 1 aliphatic heterocycles. The van der Waals surface area contributed by atoms with Crippen LogP contribution < -0.4 is 10.6 Å². The Morgan fingerprint density at radius 1 is 1.35 bits per heavy atom. The van der Waals surface area contributed by atoms with Crippen LogP contribution in [0.15, 0.2) is 18.2 Å².